The quantitative estimate of drug-likeness (QED) is 0.801. The monoisotopic (exact) mass is 331 g/mol. The highest BCUT2D eigenvalue weighted by molar-refractivity contribution is 9.10. The molecule has 0 atom stereocenters. The molecule has 1 heterocycles. The van der Waals surface area contributed by atoms with Crippen LogP contribution >= 0.6 is 27.3 Å². The Bertz CT molecular complexity index is 542. The number of halogens is 3. The molecule has 0 aliphatic heterocycles. The Kier molecular flexibility index (Phi) is 4.48. The predicted octanol–water partition coefficient (Wildman–Crippen LogP) is 4.42. The van der Waals surface area contributed by atoms with Crippen LogP contribution in [0.4, 0.5) is 8.78 Å². The van der Waals surface area contributed by atoms with Crippen LogP contribution < -0.4 is 0 Å². The van der Waals surface area contributed by atoms with Crippen molar-refractivity contribution >= 4 is 27.3 Å². The number of thiophene rings is 1. The number of hydrogen-bond donors (Lipinski definition) is 0. The zero-order chi connectivity index (χ0) is 13.1. The van der Waals surface area contributed by atoms with Crippen LogP contribution in [0.1, 0.15) is 10.4 Å². The summed E-state index contributed by atoms with van der Waals surface area (Å²) in [5.74, 6) is -1.04. The van der Waals surface area contributed by atoms with E-state index in [2.05, 4.69) is 15.9 Å². The van der Waals surface area contributed by atoms with Crippen LogP contribution in [0.25, 0.3) is 0 Å². The van der Waals surface area contributed by atoms with Gasteiger partial charge in [-0.15, -0.1) is 11.3 Å². The highest BCUT2D eigenvalue weighted by atomic mass is 79.9. The van der Waals surface area contributed by atoms with Crippen LogP contribution in [-0.2, 0) is 13.1 Å². The number of nitrogens with zero attached hydrogens (tertiary/aromatic N) is 1. The van der Waals surface area contributed by atoms with Gasteiger partial charge in [0.15, 0.2) is 0 Å². The van der Waals surface area contributed by atoms with Gasteiger partial charge < -0.3 is 0 Å². The van der Waals surface area contributed by atoms with Crippen LogP contribution in [0.5, 0.6) is 0 Å². The van der Waals surface area contributed by atoms with E-state index < -0.39 is 11.6 Å². The smallest absolute Gasteiger partial charge is 0.130 e. The molecular formula is C13H12BrF2NS. The summed E-state index contributed by atoms with van der Waals surface area (Å²) in [5.41, 5.74) is 0.506. The van der Waals surface area contributed by atoms with Gasteiger partial charge in [0.1, 0.15) is 11.6 Å². The van der Waals surface area contributed by atoms with Crippen LogP contribution in [0.15, 0.2) is 34.1 Å². The van der Waals surface area contributed by atoms with Crippen molar-refractivity contribution in [3.8, 4) is 0 Å². The van der Waals surface area contributed by atoms with Crippen LogP contribution in [0.2, 0.25) is 0 Å². The largest absolute Gasteiger partial charge is 0.297 e. The van der Waals surface area contributed by atoms with E-state index in [-0.39, 0.29) is 0 Å². The lowest BCUT2D eigenvalue weighted by Crippen LogP contribution is -2.17. The first kappa shape index (κ1) is 13.6. The van der Waals surface area contributed by atoms with E-state index in [0.29, 0.717) is 12.1 Å². The SMILES string of the molecule is CN(Cc1ccc(F)cc1F)Cc1sccc1Br. The third-order valence-electron chi connectivity index (χ3n) is 2.56. The number of rotatable bonds is 4. The van der Waals surface area contributed by atoms with Gasteiger partial charge >= 0.3 is 0 Å². The van der Waals surface area contributed by atoms with Crippen LogP contribution in [0.3, 0.4) is 0 Å². The Morgan fingerprint density at radius 2 is 2.00 bits per heavy atom. The second-order valence-electron chi connectivity index (χ2n) is 4.10. The van der Waals surface area contributed by atoms with Gasteiger partial charge in [-0.1, -0.05) is 6.07 Å². The molecule has 96 valence electrons. The van der Waals surface area contributed by atoms with Crippen molar-refractivity contribution in [1.82, 2.24) is 4.90 Å². The third-order valence-corrected chi connectivity index (χ3v) is 4.47. The van der Waals surface area contributed by atoms with E-state index in [4.69, 9.17) is 0 Å². The molecule has 2 rings (SSSR count). The second-order valence-corrected chi connectivity index (χ2v) is 5.95. The summed E-state index contributed by atoms with van der Waals surface area (Å²) < 4.78 is 27.3. The Morgan fingerprint density at radius 1 is 1.22 bits per heavy atom. The summed E-state index contributed by atoms with van der Waals surface area (Å²) in [6, 6.07) is 5.69. The minimum atomic E-state index is -0.542. The van der Waals surface area contributed by atoms with E-state index >= 15 is 0 Å². The minimum absolute atomic E-state index is 0.455. The van der Waals surface area contributed by atoms with E-state index in [1.165, 1.54) is 17.0 Å². The molecule has 0 saturated heterocycles. The van der Waals surface area contributed by atoms with Gasteiger partial charge in [-0.05, 0) is 40.5 Å². The molecule has 0 bridgehead atoms. The lowest BCUT2D eigenvalue weighted by molar-refractivity contribution is 0.315. The highest BCUT2D eigenvalue weighted by Gasteiger charge is 2.09. The molecule has 1 aromatic heterocycles. The average Bonchev–Trinajstić information content (AvgIpc) is 2.69. The van der Waals surface area contributed by atoms with Gasteiger partial charge in [-0.2, -0.15) is 0 Å². The Hall–Kier alpha value is -0.780. The molecule has 18 heavy (non-hydrogen) atoms. The Morgan fingerprint density at radius 3 is 2.61 bits per heavy atom. The Labute approximate surface area is 117 Å². The van der Waals surface area contributed by atoms with Gasteiger partial charge in [0.05, 0.1) is 0 Å². The van der Waals surface area contributed by atoms with Gasteiger partial charge in [0.25, 0.3) is 0 Å². The van der Waals surface area contributed by atoms with Crippen molar-refractivity contribution in [2.75, 3.05) is 7.05 Å². The lowest BCUT2D eigenvalue weighted by atomic mass is 10.2. The fraction of sp³-hybridized carbons (Fsp3) is 0.231. The maximum atomic E-state index is 13.5. The van der Waals surface area contributed by atoms with Gasteiger partial charge in [0.2, 0.25) is 0 Å². The highest BCUT2D eigenvalue weighted by Crippen LogP contribution is 2.24. The fourth-order valence-corrected chi connectivity index (χ4v) is 3.24. The molecule has 0 unspecified atom stereocenters. The zero-order valence-electron chi connectivity index (χ0n) is 9.79. The van der Waals surface area contributed by atoms with Crippen LogP contribution in [-0.4, -0.2) is 11.9 Å². The predicted molar refractivity (Wildman–Crippen MR) is 73.5 cm³/mol. The summed E-state index contributed by atoms with van der Waals surface area (Å²) >= 11 is 5.12. The van der Waals surface area contributed by atoms with Crippen LogP contribution in [0, 0.1) is 11.6 Å². The molecule has 0 amide bonds. The zero-order valence-corrected chi connectivity index (χ0v) is 12.2. The number of hydrogen-bond acceptors (Lipinski definition) is 2. The molecule has 0 aliphatic rings. The molecular weight excluding hydrogens is 320 g/mol. The summed E-state index contributed by atoms with van der Waals surface area (Å²) in [6.45, 7) is 1.19. The second kappa shape index (κ2) is 5.91. The first-order valence-electron chi connectivity index (χ1n) is 5.40. The van der Waals surface area contributed by atoms with Crippen molar-refractivity contribution in [2.45, 2.75) is 13.1 Å². The van der Waals surface area contributed by atoms with Crippen molar-refractivity contribution in [3.63, 3.8) is 0 Å². The molecule has 1 nitrogen and oxygen atoms in total. The molecule has 0 saturated carbocycles. The molecule has 0 aliphatic carbocycles. The molecule has 5 heteroatoms. The summed E-state index contributed by atoms with van der Waals surface area (Å²) in [4.78, 5) is 3.19. The summed E-state index contributed by atoms with van der Waals surface area (Å²) in [6.07, 6.45) is 0. The Balaban J connectivity index is 2.03. The average molecular weight is 332 g/mol. The molecule has 0 radical (unpaired) electrons. The van der Waals surface area contributed by atoms with Gasteiger partial charge in [-0.3, -0.25) is 4.90 Å². The molecule has 0 spiro atoms. The maximum absolute atomic E-state index is 13.5. The maximum Gasteiger partial charge on any atom is 0.130 e. The van der Waals surface area contributed by atoms with E-state index in [9.17, 15) is 8.78 Å². The minimum Gasteiger partial charge on any atom is -0.297 e. The summed E-state index contributed by atoms with van der Waals surface area (Å²) in [7, 11) is 1.91. The van der Waals surface area contributed by atoms with Crippen molar-refractivity contribution in [2.24, 2.45) is 0 Å². The first-order valence-corrected chi connectivity index (χ1v) is 7.08. The van der Waals surface area contributed by atoms with Crippen molar-refractivity contribution < 1.29 is 8.78 Å². The lowest BCUT2D eigenvalue weighted by Gasteiger charge is -2.16. The van der Waals surface area contributed by atoms with E-state index in [0.717, 1.165) is 17.1 Å². The summed E-state index contributed by atoms with van der Waals surface area (Å²) in [5, 5.41) is 2.01. The van der Waals surface area contributed by atoms with Gasteiger partial charge in [0, 0.05) is 34.1 Å². The standard InChI is InChI=1S/C13H12BrF2NS/c1-17(8-13-11(14)4-5-18-13)7-9-2-3-10(15)6-12(9)16/h2-6H,7-8H2,1H3. The number of benzene rings is 1. The first-order chi connectivity index (χ1) is 8.56. The van der Waals surface area contributed by atoms with E-state index in [1.54, 1.807) is 11.3 Å². The van der Waals surface area contributed by atoms with Gasteiger partial charge in [-0.25, -0.2) is 8.78 Å². The van der Waals surface area contributed by atoms with Crippen molar-refractivity contribution in [1.29, 1.82) is 0 Å². The molecule has 0 fully saturated rings. The molecule has 2 aromatic rings. The molecule has 0 N–H and O–H groups in total. The molecule has 1 aromatic carbocycles. The normalized spacial score (nSPS) is 11.2. The van der Waals surface area contributed by atoms with E-state index in [1.807, 2.05) is 23.4 Å². The fourth-order valence-electron chi connectivity index (χ4n) is 1.68. The topological polar surface area (TPSA) is 3.24 Å². The third kappa shape index (κ3) is 3.37. The van der Waals surface area contributed by atoms with Crippen molar-refractivity contribution in [3.05, 3.63) is 56.2 Å².